The zero-order valence-corrected chi connectivity index (χ0v) is 24.2. The summed E-state index contributed by atoms with van der Waals surface area (Å²) in [6, 6.07) is 0. The molecule has 7 nitrogen and oxygen atoms in total. The molecule has 1 N–H and O–H groups in total. The Morgan fingerprint density at radius 3 is 2.28 bits per heavy atom. The molecule has 0 radical (unpaired) electrons. The maximum Gasteiger partial charge on any atom is 0.311 e. The molecule has 9 atom stereocenters. The maximum atomic E-state index is 12.8. The van der Waals surface area contributed by atoms with Gasteiger partial charge in [-0.05, 0) is 83.5 Å². The number of rotatable bonds is 4. The van der Waals surface area contributed by atoms with Crippen LogP contribution in [0, 0.1) is 34.0 Å². The summed E-state index contributed by atoms with van der Waals surface area (Å²) in [5.74, 6) is 0.00291. The summed E-state index contributed by atoms with van der Waals surface area (Å²) < 4.78 is 16.7. The molecule has 36 heavy (non-hydrogen) atoms. The third-order valence-corrected chi connectivity index (χ3v) is 11.7. The van der Waals surface area contributed by atoms with Gasteiger partial charge in [0.25, 0.3) is 0 Å². The van der Waals surface area contributed by atoms with Crippen molar-refractivity contribution in [3.05, 3.63) is 0 Å². The number of aliphatic hydroxyl groups excluding tert-OH is 1. The highest BCUT2D eigenvalue weighted by molar-refractivity contribution is 9.10. The smallest absolute Gasteiger partial charge is 0.311 e. The number of alkyl halides is 1. The molecule has 0 aromatic carbocycles. The van der Waals surface area contributed by atoms with Gasteiger partial charge >= 0.3 is 17.9 Å². The van der Waals surface area contributed by atoms with Crippen LogP contribution in [0.15, 0.2) is 0 Å². The molecule has 0 aromatic rings. The van der Waals surface area contributed by atoms with E-state index >= 15 is 0 Å². The second-order valence-electron chi connectivity index (χ2n) is 13.2. The van der Waals surface area contributed by atoms with Gasteiger partial charge in [0.2, 0.25) is 0 Å². The van der Waals surface area contributed by atoms with E-state index in [0.29, 0.717) is 31.6 Å². The molecule has 4 aliphatic rings. The van der Waals surface area contributed by atoms with Crippen LogP contribution < -0.4 is 0 Å². The van der Waals surface area contributed by atoms with E-state index in [1.165, 1.54) is 13.8 Å². The van der Waals surface area contributed by atoms with Crippen LogP contribution in [0.4, 0.5) is 0 Å². The number of fused-ring (bicyclic) bond motifs is 5. The first-order chi connectivity index (χ1) is 16.6. The average molecular weight is 572 g/mol. The topological polar surface area (TPSA) is 99.1 Å². The highest BCUT2D eigenvalue weighted by Gasteiger charge is 2.69. The highest BCUT2D eigenvalue weighted by atomic mass is 79.9. The van der Waals surface area contributed by atoms with E-state index in [1.54, 1.807) is 0 Å². The predicted octanol–water partition coefficient (Wildman–Crippen LogP) is 4.95. The third kappa shape index (κ3) is 4.52. The quantitative estimate of drug-likeness (QED) is 0.290. The summed E-state index contributed by atoms with van der Waals surface area (Å²) in [5.41, 5.74) is -1.14. The number of aliphatic hydroxyl groups is 1. The minimum Gasteiger partial charge on any atom is -0.465 e. The second-order valence-corrected chi connectivity index (χ2v) is 14.6. The van der Waals surface area contributed by atoms with Crippen LogP contribution in [-0.4, -0.2) is 52.3 Å². The van der Waals surface area contributed by atoms with Crippen molar-refractivity contribution in [1.82, 2.24) is 0 Å². The third-order valence-electron chi connectivity index (χ3n) is 10.1. The van der Waals surface area contributed by atoms with Crippen LogP contribution in [-0.2, 0) is 28.6 Å². The van der Waals surface area contributed by atoms with Gasteiger partial charge in [0.1, 0.15) is 12.2 Å². The van der Waals surface area contributed by atoms with Crippen LogP contribution in [0.25, 0.3) is 0 Å². The lowest BCUT2D eigenvalue weighted by Crippen LogP contribution is -2.68. The normalized spacial score (nSPS) is 44.0. The molecular formula is C28H43BrO7. The first-order valence-electron chi connectivity index (χ1n) is 13.5. The summed E-state index contributed by atoms with van der Waals surface area (Å²) in [4.78, 5) is 36.4. The molecule has 4 rings (SSSR count). The molecule has 0 unspecified atom stereocenters. The van der Waals surface area contributed by atoms with Crippen molar-refractivity contribution in [2.45, 2.75) is 116 Å². The van der Waals surface area contributed by atoms with Crippen molar-refractivity contribution in [3.8, 4) is 0 Å². The number of hydrogen-bond donors (Lipinski definition) is 1. The zero-order valence-electron chi connectivity index (χ0n) is 22.6. The first kappa shape index (κ1) is 27.9. The monoisotopic (exact) mass is 570 g/mol. The molecule has 204 valence electrons. The number of esters is 3. The number of halogens is 1. The van der Waals surface area contributed by atoms with E-state index in [9.17, 15) is 19.5 Å². The van der Waals surface area contributed by atoms with Gasteiger partial charge in [0, 0.05) is 31.1 Å². The lowest BCUT2D eigenvalue weighted by molar-refractivity contribution is -0.197. The first-order valence-corrected chi connectivity index (χ1v) is 14.3. The van der Waals surface area contributed by atoms with E-state index in [-0.39, 0.29) is 54.0 Å². The largest absolute Gasteiger partial charge is 0.465 e. The Bertz CT molecular complexity index is 899. The standard InChI is InChI=1S/C28H43BrO7/c1-16(30)34-15-27-12-9-18(35-17(2)31)14-28(27,29)22(32)13-19-20-7-8-23(36-24(33)25(3,4)5)26(20,6)11-10-21(19)27/h18-23,32H,7-15H2,1-6H3/t18-,19-,20-,21-,22+,23-,26-,27-,28-/m0/s1. The summed E-state index contributed by atoms with van der Waals surface area (Å²) in [6.45, 7) is 11.0. The highest BCUT2D eigenvalue weighted by Crippen LogP contribution is 2.70. The summed E-state index contributed by atoms with van der Waals surface area (Å²) in [7, 11) is 0. The van der Waals surface area contributed by atoms with Gasteiger partial charge in [0.15, 0.2) is 0 Å². The molecule has 0 bridgehead atoms. The molecule has 0 amide bonds. The Kier molecular flexibility index (Phi) is 7.39. The Labute approximate surface area is 223 Å². The number of hydrogen-bond acceptors (Lipinski definition) is 7. The van der Waals surface area contributed by atoms with Crippen LogP contribution in [0.3, 0.4) is 0 Å². The molecule has 0 aliphatic heterocycles. The van der Waals surface area contributed by atoms with Gasteiger partial charge in [-0.2, -0.15) is 0 Å². The minimum atomic E-state index is -0.709. The van der Waals surface area contributed by atoms with E-state index in [0.717, 1.165) is 25.7 Å². The van der Waals surface area contributed by atoms with Gasteiger partial charge < -0.3 is 19.3 Å². The number of ether oxygens (including phenoxy) is 3. The van der Waals surface area contributed by atoms with Crippen molar-refractivity contribution in [2.75, 3.05) is 6.61 Å². The lowest BCUT2D eigenvalue weighted by Gasteiger charge is -2.65. The fourth-order valence-electron chi connectivity index (χ4n) is 8.29. The van der Waals surface area contributed by atoms with E-state index in [4.69, 9.17) is 14.2 Å². The van der Waals surface area contributed by atoms with E-state index in [1.807, 2.05) is 20.8 Å². The molecule has 4 aliphatic carbocycles. The van der Waals surface area contributed by atoms with Gasteiger partial charge in [-0.25, -0.2) is 0 Å². The lowest BCUT2D eigenvalue weighted by atomic mass is 9.44. The van der Waals surface area contributed by atoms with Crippen LogP contribution in [0.5, 0.6) is 0 Å². The molecule has 0 aromatic heterocycles. The van der Waals surface area contributed by atoms with Crippen LogP contribution >= 0.6 is 15.9 Å². The zero-order chi connectivity index (χ0) is 26.7. The summed E-state index contributed by atoms with van der Waals surface area (Å²) in [5, 5.41) is 11.7. The molecule has 4 fully saturated rings. The fourth-order valence-corrected chi connectivity index (χ4v) is 9.44. The SMILES string of the molecule is CC(=O)OC[C@]12CC[C@H](OC(C)=O)C[C@]1(Br)[C@H](O)C[C@H]1[C@@H]3CC[C@H](OC(=O)C(C)(C)C)[C@@]3(C)CC[C@@H]12. The molecule has 4 saturated carbocycles. The Hall–Kier alpha value is -1.15. The number of carbonyl (C=O) groups excluding carboxylic acids is 3. The summed E-state index contributed by atoms with van der Waals surface area (Å²) >= 11 is 3.99. The van der Waals surface area contributed by atoms with Crippen molar-refractivity contribution in [2.24, 2.45) is 34.0 Å². The molecular weight excluding hydrogens is 528 g/mol. The summed E-state index contributed by atoms with van der Waals surface area (Å²) in [6.07, 6.45) is 5.07. The van der Waals surface area contributed by atoms with Gasteiger partial charge in [-0.3, -0.25) is 14.4 Å². The fraction of sp³-hybridized carbons (Fsp3) is 0.893. The Morgan fingerprint density at radius 1 is 0.972 bits per heavy atom. The predicted molar refractivity (Wildman–Crippen MR) is 137 cm³/mol. The Morgan fingerprint density at radius 2 is 1.67 bits per heavy atom. The van der Waals surface area contributed by atoms with Crippen molar-refractivity contribution in [1.29, 1.82) is 0 Å². The molecule has 8 heteroatoms. The van der Waals surface area contributed by atoms with Crippen molar-refractivity contribution < 1.29 is 33.7 Å². The van der Waals surface area contributed by atoms with Gasteiger partial charge in [-0.15, -0.1) is 0 Å². The molecule has 0 heterocycles. The van der Waals surface area contributed by atoms with Gasteiger partial charge in [-0.1, -0.05) is 22.9 Å². The maximum absolute atomic E-state index is 12.8. The minimum absolute atomic E-state index is 0.118. The van der Waals surface area contributed by atoms with Crippen LogP contribution in [0.2, 0.25) is 0 Å². The van der Waals surface area contributed by atoms with Crippen LogP contribution in [0.1, 0.15) is 92.9 Å². The Balaban J connectivity index is 1.65. The van der Waals surface area contributed by atoms with E-state index in [2.05, 4.69) is 22.9 Å². The molecule has 0 saturated heterocycles. The second kappa shape index (κ2) is 9.55. The van der Waals surface area contributed by atoms with Crippen molar-refractivity contribution >= 4 is 33.8 Å². The van der Waals surface area contributed by atoms with Gasteiger partial charge in [0.05, 0.1) is 22.5 Å². The average Bonchev–Trinajstić information content (AvgIpc) is 3.08. The van der Waals surface area contributed by atoms with Crippen molar-refractivity contribution in [3.63, 3.8) is 0 Å². The molecule has 0 spiro atoms. The number of carbonyl (C=O) groups is 3. The van der Waals surface area contributed by atoms with E-state index < -0.39 is 21.3 Å².